The monoisotopic (exact) mass is 768 g/mol. The van der Waals surface area contributed by atoms with Crippen LogP contribution in [-0.2, 0) is 0 Å². The molecule has 0 fully saturated rings. The van der Waals surface area contributed by atoms with Crippen LogP contribution in [-0.4, -0.2) is 9.97 Å². The van der Waals surface area contributed by atoms with Crippen LogP contribution in [0.25, 0.3) is 97.3 Å². The highest BCUT2D eigenvalue weighted by molar-refractivity contribution is 7.20. The van der Waals surface area contributed by atoms with Crippen molar-refractivity contribution < 1.29 is 0 Å². The molecule has 0 saturated carbocycles. The van der Waals surface area contributed by atoms with Crippen molar-refractivity contribution in [3.63, 3.8) is 0 Å². The van der Waals surface area contributed by atoms with E-state index in [9.17, 15) is 0 Å². The molecule has 12 rings (SSSR count). The first kappa shape index (κ1) is 33.9. The third kappa shape index (κ3) is 5.46. The maximum atomic E-state index is 5.39. The molecule has 3 aromatic heterocycles. The Morgan fingerprint density at radius 3 is 1.49 bits per heavy atom. The van der Waals surface area contributed by atoms with Gasteiger partial charge in [-0.2, -0.15) is 0 Å². The van der Waals surface area contributed by atoms with Gasteiger partial charge in [-0.1, -0.05) is 176 Å². The van der Waals surface area contributed by atoms with Crippen molar-refractivity contribution in [2.24, 2.45) is 0 Å². The van der Waals surface area contributed by atoms with Gasteiger partial charge in [0.25, 0.3) is 0 Å². The maximum Gasteiger partial charge on any atom is 0.0971 e. The maximum absolute atomic E-state index is 5.39. The van der Waals surface area contributed by atoms with Crippen LogP contribution in [0.5, 0.6) is 0 Å². The number of hydrogen-bond donors (Lipinski definition) is 0. The molecular formula is C56H36N2S. The highest BCUT2D eigenvalue weighted by atomic mass is 32.1. The van der Waals surface area contributed by atoms with Gasteiger partial charge in [-0.05, 0) is 84.4 Å². The Morgan fingerprint density at radius 1 is 0.356 bits per heavy atom. The summed E-state index contributed by atoms with van der Waals surface area (Å²) < 4.78 is 0. The summed E-state index contributed by atoms with van der Waals surface area (Å²) in [5.74, 6) is 0. The quantitative estimate of drug-likeness (QED) is 0.163. The van der Waals surface area contributed by atoms with Crippen molar-refractivity contribution in [1.29, 1.82) is 0 Å². The standard InChI is InChI=1S/C56H36N2S/c1-4-20-40-35(13-1)16-9-25-46(40)51-52(56(49-27-11-18-37-15-3-6-22-42(37)49)59-55(51)48-26-10-17-36-14-2-5-21-41(36)48)47-32-31-45(43-23-7-8-24-44(43)47)50-33-30-39-29-28-38-19-12-34-57-53(38)54(39)58-50/h1-30,33-34H,31-32H2. The van der Waals surface area contributed by atoms with Gasteiger partial charge in [0.2, 0.25) is 0 Å². The predicted octanol–water partition coefficient (Wildman–Crippen LogP) is 13.5. The fraction of sp³-hybridized carbons (Fsp3) is 0.0357. The van der Waals surface area contributed by atoms with Gasteiger partial charge in [-0.25, -0.2) is 4.98 Å². The van der Waals surface area contributed by atoms with Crippen LogP contribution in [0, 0.1) is 0 Å². The van der Waals surface area contributed by atoms with E-state index in [0.29, 0.717) is 0 Å². The number of nitrogens with zero attached hydrogens (tertiary/aromatic N) is 2. The molecule has 3 heteroatoms. The SMILES string of the molecule is c1ccc2c(c1)=C(c1ccc3ccc4cccnc4c3n1)CCC=2c1c(-c2cccc3ccccc23)sc(-c2cccc3ccccc23)c1-c1cccc2ccccc12. The Bertz CT molecular complexity index is 3620. The van der Waals surface area contributed by atoms with Crippen LogP contribution in [0.4, 0.5) is 0 Å². The fourth-order valence-electron chi connectivity index (χ4n) is 9.59. The molecule has 0 radical (unpaired) electrons. The second-order valence-corrected chi connectivity index (χ2v) is 16.5. The lowest BCUT2D eigenvalue weighted by molar-refractivity contribution is 1.03. The lowest BCUT2D eigenvalue weighted by atomic mass is 9.82. The topological polar surface area (TPSA) is 25.8 Å². The summed E-state index contributed by atoms with van der Waals surface area (Å²) in [4.78, 5) is 12.8. The molecule has 0 N–H and O–H groups in total. The molecule has 3 heterocycles. The van der Waals surface area contributed by atoms with E-state index in [4.69, 9.17) is 9.97 Å². The third-order valence-corrected chi connectivity index (χ3v) is 13.5. The number of aromatic nitrogens is 2. The zero-order chi connectivity index (χ0) is 38.9. The van der Waals surface area contributed by atoms with E-state index in [1.807, 2.05) is 23.6 Å². The minimum absolute atomic E-state index is 0.868. The predicted molar refractivity (Wildman–Crippen MR) is 250 cm³/mol. The van der Waals surface area contributed by atoms with Crippen molar-refractivity contribution in [2.75, 3.05) is 0 Å². The summed E-state index contributed by atoms with van der Waals surface area (Å²) in [6, 6.07) is 68.9. The Morgan fingerprint density at radius 2 is 0.831 bits per heavy atom. The van der Waals surface area contributed by atoms with E-state index >= 15 is 0 Å². The lowest BCUT2D eigenvalue weighted by Gasteiger charge is -2.21. The molecule has 276 valence electrons. The van der Waals surface area contributed by atoms with Gasteiger partial charge in [0.1, 0.15) is 0 Å². The number of thiophene rings is 1. The molecule has 2 nitrogen and oxygen atoms in total. The lowest BCUT2D eigenvalue weighted by Crippen LogP contribution is -2.33. The minimum Gasteiger partial charge on any atom is -0.254 e. The Labute approximate surface area is 345 Å². The van der Waals surface area contributed by atoms with Crippen molar-refractivity contribution in [1.82, 2.24) is 9.97 Å². The molecule has 1 aliphatic rings. The first-order valence-corrected chi connectivity index (χ1v) is 21.2. The molecule has 0 aliphatic heterocycles. The van der Waals surface area contributed by atoms with Crippen molar-refractivity contribution in [3.05, 3.63) is 216 Å². The Balaban J connectivity index is 1.24. The summed E-state index contributed by atoms with van der Waals surface area (Å²) in [5.41, 5.74) is 12.0. The van der Waals surface area contributed by atoms with Gasteiger partial charge in [0, 0.05) is 49.0 Å². The van der Waals surface area contributed by atoms with Gasteiger partial charge >= 0.3 is 0 Å². The van der Waals surface area contributed by atoms with Crippen LogP contribution in [0.15, 0.2) is 194 Å². The van der Waals surface area contributed by atoms with Crippen molar-refractivity contribution >= 4 is 76.6 Å². The van der Waals surface area contributed by atoms with Gasteiger partial charge < -0.3 is 0 Å². The average molecular weight is 769 g/mol. The second-order valence-electron chi connectivity index (χ2n) is 15.5. The summed E-state index contributed by atoms with van der Waals surface area (Å²) in [5, 5.41) is 12.3. The third-order valence-electron chi connectivity index (χ3n) is 12.3. The largest absolute Gasteiger partial charge is 0.254 e. The van der Waals surface area contributed by atoms with E-state index < -0.39 is 0 Å². The average Bonchev–Trinajstić information content (AvgIpc) is 3.70. The zero-order valence-corrected chi connectivity index (χ0v) is 33.0. The summed E-state index contributed by atoms with van der Waals surface area (Å²) in [6.07, 6.45) is 3.61. The molecule has 0 saturated heterocycles. The fourth-order valence-corrected chi connectivity index (χ4v) is 11.0. The van der Waals surface area contributed by atoms with Gasteiger partial charge in [-0.15, -0.1) is 11.3 Å². The summed E-state index contributed by atoms with van der Waals surface area (Å²) in [7, 11) is 0. The highest BCUT2D eigenvalue weighted by Gasteiger charge is 2.29. The first-order chi connectivity index (χ1) is 29.3. The molecule has 0 amide bonds. The number of benzene rings is 8. The van der Waals surface area contributed by atoms with Crippen LogP contribution in [0.1, 0.15) is 24.1 Å². The molecule has 0 spiro atoms. The molecule has 1 aliphatic carbocycles. The number of fused-ring (bicyclic) bond motifs is 7. The number of hydrogen-bond acceptors (Lipinski definition) is 3. The van der Waals surface area contributed by atoms with E-state index in [-0.39, 0.29) is 0 Å². The second kappa shape index (κ2) is 13.7. The molecular weight excluding hydrogens is 733 g/mol. The minimum atomic E-state index is 0.868. The van der Waals surface area contributed by atoms with Crippen LogP contribution >= 0.6 is 11.3 Å². The summed E-state index contributed by atoms with van der Waals surface area (Å²) in [6.45, 7) is 0. The van der Waals surface area contributed by atoms with Crippen molar-refractivity contribution in [2.45, 2.75) is 12.8 Å². The molecule has 11 aromatic rings. The van der Waals surface area contributed by atoms with Gasteiger partial charge in [0.05, 0.1) is 16.7 Å². The van der Waals surface area contributed by atoms with Crippen LogP contribution < -0.4 is 10.4 Å². The Kier molecular flexibility index (Phi) is 7.89. The Hall–Kier alpha value is -7.20. The van der Waals surface area contributed by atoms with E-state index in [2.05, 4.69) is 182 Å². The molecule has 0 atom stereocenters. The van der Waals surface area contributed by atoms with Gasteiger partial charge in [-0.3, -0.25) is 4.98 Å². The molecule has 0 unspecified atom stereocenters. The van der Waals surface area contributed by atoms with E-state index in [0.717, 1.165) is 40.3 Å². The molecule has 59 heavy (non-hydrogen) atoms. The smallest absolute Gasteiger partial charge is 0.0971 e. The number of pyridine rings is 2. The normalized spacial score (nSPS) is 12.9. The van der Waals surface area contributed by atoms with E-state index in [1.54, 1.807) is 0 Å². The zero-order valence-electron chi connectivity index (χ0n) is 32.2. The van der Waals surface area contributed by atoms with Crippen molar-refractivity contribution in [3.8, 4) is 32.0 Å². The highest BCUT2D eigenvalue weighted by Crippen LogP contribution is 2.54. The molecule has 0 bridgehead atoms. The first-order valence-electron chi connectivity index (χ1n) is 20.4. The van der Waals surface area contributed by atoms with Crippen LogP contribution in [0.3, 0.4) is 0 Å². The molecule has 8 aromatic carbocycles. The number of rotatable bonds is 5. The van der Waals surface area contributed by atoms with Gasteiger partial charge in [0.15, 0.2) is 0 Å². The van der Waals surface area contributed by atoms with E-state index in [1.165, 1.54) is 91.5 Å². The van der Waals surface area contributed by atoms with Crippen LogP contribution in [0.2, 0.25) is 0 Å². The summed E-state index contributed by atoms with van der Waals surface area (Å²) >= 11 is 1.95.